The van der Waals surface area contributed by atoms with Crippen molar-refractivity contribution < 1.29 is 14.4 Å². The van der Waals surface area contributed by atoms with Crippen LogP contribution in [0.1, 0.15) is 54.7 Å². The summed E-state index contributed by atoms with van der Waals surface area (Å²) in [6.07, 6.45) is 7.61. The van der Waals surface area contributed by atoms with E-state index in [1.54, 1.807) is 27.8 Å². The van der Waals surface area contributed by atoms with Crippen molar-refractivity contribution in [3.05, 3.63) is 70.8 Å². The molecule has 43 heavy (non-hydrogen) atoms. The van der Waals surface area contributed by atoms with Crippen LogP contribution in [0.15, 0.2) is 59.5 Å². The number of benzene rings is 1. The fraction of sp³-hybridized carbons (Fsp3) is 0.323. The van der Waals surface area contributed by atoms with E-state index in [1.165, 1.54) is 19.8 Å². The number of ketones is 1. The SMILES string of the molecule is CC(=O)c1nn(CC(=O)N2[C@@H]3C[C@@H]3C[C@H]2C(=O)Nc2cccc(Br)n2)c2ccc(-c3cnc4cc(C5CC5)nn4c3)cc12. The lowest BCUT2D eigenvalue weighted by Gasteiger charge is -2.26. The van der Waals surface area contributed by atoms with Gasteiger partial charge >= 0.3 is 0 Å². The molecule has 11 nitrogen and oxygen atoms in total. The molecule has 1 aromatic carbocycles. The van der Waals surface area contributed by atoms with Crippen LogP contribution >= 0.6 is 15.9 Å². The molecule has 216 valence electrons. The van der Waals surface area contributed by atoms with Crippen LogP contribution in [-0.2, 0) is 16.1 Å². The maximum Gasteiger partial charge on any atom is 0.248 e. The number of amides is 2. The molecular formula is C31H27BrN8O3. The Hall–Kier alpha value is -4.45. The summed E-state index contributed by atoms with van der Waals surface area (Å²) in [5, 5.41) is 12.8. The minimum atomic E-state index is -0.581. The molecule has 2 saturated carbocycles. The van der Waals surface area contributed by atoms with E-state index in [4.69, 9.17) is 5.10 Å². The zero-order valence-corrected chi connectivity index (χ0v) is 24.9. The van der Waals surface area contributed by atoms with Gasteiger partial charge in [-0.1, -0.05) is 12.1 Å². The molecule has 8 rings (SSSR count). The van der Waals surface area contributed by atoms with E-state index in [1.807, 2.05) is 41.2 Å². The summed E-state index contributed by atoms with van der Waals surface area (Å²) >= 11 is 3.32. The van der Waals surface area contributed by atoms with E-state index < -0.39 is 6.04 Å². The highest BCUT2D eigenvalue weighted by atomic mass is 79.9. The Labute approximate surface area is 254 Å². The summed E-state index contributed by atoms with van der Waals surface area (Å²) in [6.45, 7) is 1.40. The molecule has 1 N–H and O–H groups in total. The van der Waals surface area contributed by atoms with Gasteiger partial charge in [-0.3, -0.25) is 19.1 Å². The molecule has 4 aromatic heterocycles. The predicted molar refractivity (Wildman–Crippen MR) is 161 cm³/mol. The average molecular weight is 640 g/mol. The lowest BCUT2D eigenvalue weighted by molar-refractivity contribution is -0.138. The second-order valence-electron chi connectivity index (χ2n) is 11.7. The van der Waals surface area contributed by atoms with E-state index in [2.05, 4.69) is 36.3 Å². The number of likely N-dealkylation sites (tertiary alicyclic amines) is 1. The van der Waals surface area contributed by atoms with Gasteiger partial charge in [-0.15, -0.1) is 0 Å². The Morgan fingerprint density at radius 2 is 1.91 bits per heavy atom. The Kier molecular flexibility index (Phi) is 5.97. The van der Waals surface area contributed by atoms with Crippen molar-refractivity contribution in [2.75, 3.05) is 5.32 Å². The summed E-state index contributed by atoms with van der Waals surface area (Å²) in [5.74, 6) is 0.643. The Morgan fingerprint density at radius 3 is 2.70 bits per heavy atom. The Morgan fingerprint density at radius 1 is 1.05 bits per heavy atom. The number of hydrogen-bond donors (Lipinski definition) is 1. The molecule has 1 saturated heterocycles. The van der Waals surface area contributed by atoms with Crippen LogP contribution < -0.4 is 5.32 Å². The van der Waals surface area contributed by atoms with Gasteiger partial charge in [0.05, 0.1) is 11.2 Å². The van der Waals surface area contributed by atoms with Crippen molar-refractivity contribution in [1.29, 1.82) is 0 Å². The van der Waals surface area contributed by atoms with E-state index in [9.17, 15) is 14.4 Å². The molecule has 12 heteroatoms. The topological polar surface area (TPSA) is 127 Å². The number of nitrogens with one attached hydrogen (secondary N) is 1. The first-order valence-electron chi connectivity index (χ1n) is 14.4. The number of fused-ring (bicyclic) bond motifs is 3. The van der Waals surface area contributed by atoms with Crippen molar-refractivity contribution >= 4 is 55.9 Å². The van der Waals surface area contributed by atoms with Gasteiger partial charge in [0, 0.05) is 48.3 Å². The molecule has 0 bridgehead atoms. The van der Waals surface area contributed by atoms with Crippen LogP contribution in [-0.4, -0.2) is 63.9 Å². The summed E-state index contributed by atoms with van der Waals surface area (Å²) in [5.41, 5.74) is 4.60. The largest absolute Gasteiger partial charge is 0.326 e. The highest BCUT2D eigenvalue weighted by Crippen LogP contribution is 2.48. The molecule has 5 heterocycles. The monoisotopic (exact) mass is 638 g/mol. The van der Waals surface area contributed by atoms with E-state index in [0.717, 1.165) is 28.9 Å². The third-order valence-corrected chi connectivity index (χ3v) is 9.13. The fourth-order valence-corrected chi connectivity index (χ4v) is 6.65. The second kappa shape index (κ2) is 9.80. The Bertz CT molecular complexity index is 1980. The first-order chi connectivity index (χ1) is 20.8. The average Bonchev–Trinajstić information content (AvgIpc) is 3.87. The maximum absolute atomic E-state index is 13.7. The number of halogens is 1. The molecular weight excluding hydrogens is 612 g/mol. The molecule has 0 spiro atoms. The number of aromatic nitrogens is 6. The molecule has 2 aliphatic carbocycles. The summed E-state index contributed by atoms with van der Waals surface area (Å²) in [4.78, 5) is 50.2. The third kappa shape index (κ3) is 4.69. The smallest absolute Gasteiger partial charge is 0.248 e. The first-order valence-corrected chi connectivity index (χ1v) is 15.2. The third-order valence-electron chi connectivity index (χ3n) is 8.69. The van der Waals surface area contributed by atoms with Crippen molar-refractivity contribution in [3.63, 3.8) is 0 Å². The Balaban J connectivity index is 1.07. The maximum atomic E-state index is 13.7. The number of carbonyl (C=O) groups excluding carboxylic acids is 3. The second-order valence-corrected chi connectivity index (χ2v) is 12.5. The molecule has 3 aliphatic rings. The molecule has 1 aliphatic heterocycles. The first kappa shape index (κ1) is 26.2. The zero-order chi connectivity index (χ0) is 29.4. The number of nitrogens with zero attached hydrogens (tertiary/aromatic N) is 7. The lowest BCUT2D eigenvalue weighted by atomic mass is 10.0. The quantitative estimate of drug-likeness (QED) is 0.204. The highest BCUT2D eigenvalue weighted by molar-refractivity contribution is 9.10. The van der Waals surface area contributed by atoms with Gasteiger partial charge in [-0.25, -0.2) is 14.5 Å². The lowest BCUT2D eigenvalue weighted by Crippen LogP contribution is -2.46. The number of anilines is 1. The number of Topliss-reactive ketones (excluding diaryl/α,β-unsaturated/α-hetero) is 1. The van der Waals surface area contributed by atoms with Crippen LogP contribution in [0.5, 0.6) is 0 Å². The summed E-state index contributed by atoms with van der Waals surface area (Å²) in [6, 6.07) is 12.5. The van der Waals surface area contributed by atoms with Crippen LogP contribution in [0, 0.1) is 5.92 Å². The van der Waals surface area contributed by atoms with Crippen molar-refractivity contribution in [3.8, 4) is 11.1 Å². The summed E-state index contributed by atoms with van der Waals surface area (Å²) in [7, 11) is 0. The zero-order valence-electron chi connectivity index (χ0n) is 23.3. The molecule has 2 amide bonds. The molecule has 0 unspecified atom stereocenters. The minimum Gasteiger partial charge on any atom is -0.326 e. The van der Waals surface area contributed by atoms with E-state index >= 15 is 0 Å². The molecule has 3 fully saturated rings. The fourth-order valence-electron chi connectivity index (χ4n) is 6.31. The minimum absolute atomic E-state index is 0.0459. The van der Waals surface area contributed by atoms with Gasteiger partial charge in [-0.05, 0) is 77.4 Å². The highest BCUT2D eigenvalue weighted by Gasteiger charge is 2.56. The van der Waals surface area contributed by atoms with Crippen molar-refractivity contribution in [1.82, 2.24) is 34.3 Å². The number of pyridine rings is 1. The standard InChI is InChI=1S/C31H27BrN8O3/c1-16(41)30-21-9-18(20-13-33-28-12-22(17-5-6-17)36-39(28)14-20)7-8-23(21)38(37-30)15-29(42)40-24-10-19(24)11-25(40)31(43)35-27-4-2-3-26(32)34-27/h2-4,7-9,12-14,17,19,24-25H,5-6,10-11,15H2,1H3,(H,34,35,43)/t19-,24-,25+/m1/s1. The normalized spacial score (nSPS) is 20.9. The number of carbonyl (C=O) groups is 3. The molecule has 3 atom stereocenters. The van der Waals surface area contributed by atoms with Gasteiger partial charge in [0.25, 0.3) is 0 Å². The molecule has 0 radical (unpaired) electrons. The van der Waals surface area contributed by atoms with E-state index in [0.29, 0.717) is 45.3 Å². The number of rotatable bonds is 7. The van der Waals surface area contributed by atoms with Gasteiger partial charge in [0.15, 0.2) is 11.4 Å². The van der Waals surface area contributed by atoms with Gasteiger partial charge in [-0.2, -0.15) is 10.2 Å². The van der Waals surface area contributed by atoms with Crippen LogP contribution in [0.25, 0.3) is 27.7 Å². The van der Waals surface area contributed by atoms with Crippen molar-refractivity contribution in [2.24, 2.45) is 5.92 Å². The van der Waals surface area contributed by atoms with Crippen LogP contribution in [0.4, 0.5) is 5.82 Å². The van der Waals surface area contributed by atoms with Gasteiger partial charge in [0.1, 0.15) is 28.7 Å². The van der Waals surface area contributed by atoms with Gasteiger partial charge < -0.3 is 10.2 Å². The van der Waals surface area contributed by atoms with Crippen LogP contribution in [0.2, 0.25) is 0 Å². The number of hydrogen-bond acceptors (Lipinski definition) is 7. The van der Waals surface area contributed by atoms with Gasteiger partial charge in [0.2, 0.25) is 11.8 Å². The van der Waals surface area contributed by atoms with E-state index in [-0.39, 0.29) is 30.2 Å². The molecule has 5 aromatic rings. The predicted octanol–water partition coefficient (Wildman–Crippen LogP) is 4.61. The number of piperidine rings is 1. The van der Waals surface area contributed by atoms with Crippen LogP contribution in [0.3, 0.4) is 0 Å². The van der Waals surface area contributed by atoms with Crippen molar-refractivity contribution in [2.45, 2.75) is 57.2 Å². The summed E-state index contributed by atoms with van der Waals surface area (Å²) < 4.78 is 4.00.